The van der Waals surface area contributed by atoms with Crippen LogP contribution in [0.3, 0.4) is 0 Å². The molecule has 0 atom stereocenters. The van der Waals surface area contributed by atoms with Gasteiger partial charge in [-0.2, -0.15) is 0 Å². The second-order valence-corrected chi connectivity index (χ2v) is 3.82. The van der Waals surface area contributed by atoms with Gasteiger partial charge in [0.25, 0.3) is 0 Å². The Morgan fingerprint density at radius 1 is 1.38 bits per heavy atom. The van der Waals surface area contributed by atoms with Gasteiger partial charge in [0, 0.05) is 24.1 Å². The zero-order valence-corrected chi connectivity index (χ0v) is 12.3. The quantitative estimate of drug-likeness (QED) is 0.649. The minimum absolute atomic E-state index is 0.00327. The van der Waals surface area contributed by atoms with Crippen LogP contribution in [0.15, 0.2) is 24.3 Å². The third-order valence-corrected chi connectivity index (χ3v) is 2.60. The Morgan fingerprint density at radius 2 is 2.10 bits per heavy atom. The molecule has 2 N–H and O–H groups in total. The zero-order valence-electron chi connectivity index (χ0n) is 12.3. The number of aliphatic hydroxyl groups is 1. The number of anilines is 1. The third-order valence-electron chi connectivity index (χ3n) is 2.60. The third kappa shape index (κ3) is 4.03. The van der Waals surface area contributed by atoms with Gasteiger partial charge in [-0.05, 0) is 12.1 Å². The Labute approximate surface area is 122 Å². The topological polar surface area (TPSA) is 97.5 Å². The molecule has 7 heteroatoms. The Balaban J connectivity index is 0.00000106. The fraction of sp³-hybridized carbons (Fsp3) is 0.357. The van der Waals surface area contributed by atoms with Crippen molar-refractivity contribution in [2.24, 2.45) is 0 Å². The second-order valence-electron chi connectivity index (χ2n) is 3.82. The van der Waals surface area contributed by atoms with Gasteiger partial charge in [-0.3, -0.25) is 10.1 Å². The number of nitrogens with one attached hydrogen (secondary N) is 1. The maximum absolute atomic E-state index is 10.9. The molecule has 21 heavy (non-hydrogen) atoms. The highest BCUT2D eigenvalue weighted by Crippen LogP contribution is 2.31. The van der Waals surface area contributed by atoms with Crippen molar-refractivity contribution in [3.63, 3.8) is 0 Å². The highest BCUT2D eigenvalue weighted by atomic mass is 16.6. The molecule has 2 rings (SSSR count). The predicted octanol–water partition coefficient (Wildman–Crippen LogP) is 2.58. The molecule has 0 saturated heterocycles. The number of methoxy groups -OCH3 is 1. The van der Waals surface area contributed by atoms with Gasteiger partial charge >= 0.3 is 5.69 Å². The highest BCUT2D eigenvalue weighted by molar-refractivity contribution is 5.85. The summed E-state index contributed by atoms with van der Waals surface area (Å²) in [6.45, 7) is 4.39. The summed E-state index contributed by atoms with van der Waals surface area (Å²) in [6.07, 6.45) is 0. The van der Waals surface area contributed by atoms with E-state index >= 15 is 0 Å². The van der Waals surface area contributed by atoms with E-state index in [1.807, 2.05) is 13.8 Å². The summed E-state index contributed by atoms with van der Waals surface area (Å²) in [6, 6.07) is 6.39. The Morgan fingerprint density at radius 3 is 2.67 bits per heavy atom. The number of fused-ring (bicyclic) bond motifs is 1. The summed E-state index contributed by atoms with van der Waals surface area (Å²) >= 11 is 0. The lowest BCUT2D eigenvalue weighted by Crippen LogP contribution is -2.06. The average Bonchev–Trinajstić information content (AvgIpc) is 2.53. The molecule has 0 amide bonds. The number of nitro groups is 1. The normalized spacial score (nSPS) is 9.71. The Hall–Kier alpha value is -2.41. The summed E-state index contributed by atoms with van der Waals surface area (Å²) in [4.78, 5) is 14.7. The van der Waals surface area contributed by atoms with Gasteiger partial charge in [0.1, 0.15) is 5.82 Å². The van der Waals surface area contributed by atoms with Crippen LogP contribution < -0.4 is 10.1 Å². The van der Waals surface area contributed by atoms with Gasteiger partial charge in [-0.1, -0.05) is 13.8 Å². The van der Waals surface area contributed by atoms with Crippen LogP contribution in [0.5, 0.6) is 5.75 Å². The van der Waals surface area contributed by atoms with Crippen LogP contribution in [0.1, 0.15) is 13.8 Å². The average molecular weight is 293 g/mol. The van der Waals surface area contributed by atoms with E-state index in [2.05, 4.69) is 10.3 Å². The van der Waals surface area contributed by atoms with Crippen molar-refractivity contribution in [3.05, 3.63) is 34.4 Å². The maximum atomic E-state index is 10.9. The molecule has 0 aliphatic rings. The predicted molar refractivity (Wildman–Crippen MR) is 81.9 cm³/mol. The summed E-state index contributed by atoms with van der Waals surface area (Å²) in [5, 5.41) is 23.2. The van der Waals surface area contributed by atoms with Gasteiger partial charge < -0.3 is 15.2 Å². The lowest BCUT2D eigenvalue weighted by molar-refractivity contribution is -0.385. The van der Waals surface area contributed by atoms with Crippen molar-refractivity contribution in [1.82, 2.24) is 4.98 Å². The van der Waals surface area contributed by atoms with E-state index in [9.17, 15) is 10.1 Å². The van der Waals surface area contributed by atoms with Crippen molar-refractivity contribution < 1.29 is 14.8 Å². The van der Waals surface area contributed by atoms with Gasteiger partial charge in [-0.15, -0.1) is 0 Å². The van der Waals surface area contributed by atoms with Crippen molar-refractivity contribution in [2.45, 2.75) is 13.8 Å². The van der Waals surface area contributed by atoms with E-state index in [1.54, 1.807) is 12.1 Å². The Kier molecular flexibility index (Phi) is 6.35. The fourth-order valence-electron chi connectivity index (χ4n) is 1.73. The molecule has 114 valence electrons. The molecule has 0 bridgehead atoms. The number of nitrogens with zero attached hydrogens (tertiary/aromatic N) is 2. The lowest BCUT2D eigenvalue weighted by atomic mass is 10.2. The SMILES string of the molecule is CC.COc1cc2nc(NCCO)ccc2cc1[N+](=O)[O-]. The number of benzene rings is 1. The molecule has 1 aromatic heterocycles. The first-order valence-corrected chi connectivity index (χ1v) is 6.63. The number of nitro benzene ring substituents is 1. The van der Waals surface area contributed by atoms with E-state index < -0.39 is 4.92 Å². The molecule has 1 heterocycles. The monoisotopic (exact) mass is 293 g/mol. The molecular weight excluding hydrogens is 274 g/mol. The summed E-state index contributed by atoms with van der Waals surface area (Å²) in [7, 11) is 1.38. The second kappa shape index (κ2) is 8.01. The number of rotatable bonds is 5. The molecule has 0 saturated carbocycles. The number of aliphatic hydroxyl groups excluding tert-OH is 1. The van der Waals surface area contributed by atoms with E-state index in [4.69, 9.17) is 9.84 Å². The first-order valence-electron chi connectivity index (χ1n) is 6.63. The van der Waals surface area contributed by atoms with Crippen LogP contribution in [0, 0.1) is 10.1 Å². The number of hydrogen-bond donors (Lipinski definition) is 2. The molecule has 0 spiro atoms. The number of hydrogen-bond acceptors (Lipinski definition) is 6. The van der Waals surface area contributed by atoms with Crippen molar-refractivity contribution in [3.8, 4) is 5.75 Å². The summed E-state index contributed by atoms with van der Waals surface area (Å²) < 4.78 is 4.99. The zero-order chi connectivity index (χ0) is 15.8. The summed E-state index contributed by atoms with van der Waals surface area (Å²) in [5.74, 6) is 0.766. The first-order chi connectivity index (χ1) is 10.2. The lowest BCUT2D eigenvalue weighted by Gasteiger charge is -2.07. The Bertz CT molecular complexity index is 616. The van der Waals surface area contributed by atoms with Gasteiger partial charge in [0.15, 0.2) is 5.75 Å². The van der Waals surface area contributed by atoms with E-state index in [-0.39, 0.29) is 18.0 Å². The van der Waals surface area contributed by atoms with E-state index in [0.29, 0.717) is 23.3 Å². The molecule has 1 aromatic carbocycles. The van der Waals surface area contributed by atoms with Crippen LogP contribution in [0.2, 0.25) is 0 Å². The van der Waals surface area contributed by atoms with Crippen LogP contribution >= 0.6 is 0 Å². The molecule has 0 radical (unpaired) electrons. The van der Waals surface area contributed by atoms with Crippen LogP contribution in [-0.2, 0) is 0 Å². The van der Waals surface area contributed by atoms with E-state index in [0.717, 1.165) is 0 Å². The highest BCUT2D eigenvalue weighted by Gasteiger charge is 2.16. The number of ether oxygens (including phenoxy) is 1. The summed E-state index contributed by atoms with van der Waals surface area (Å²) in [5.41, 5.74) is 0.498. The fourth-order valence-corrected chi connectivity index (χ4v) is 1.73. The smallest absolute Gasteiger partial charge is 0.311 e. The van der Waals surface area contributed by atoms with Crippen molar-refractivity contribution in [2.75, 3.05) is 25.6 Å². The van der Waals surface area contributed by atoms with Crippen LogP contribution in [-0.4, -0.2) is 35.3 Å². The van der Waals surface area contributed by atoms with E-state index in [1.165, 1.54) is 19.2 Å². The van der Waals surface area contributed by atoms with Gasteiger partial charge in [0.05, 0.1) is 24.2 Å². The number of pyridine rings is 1. The molecule has 2 aromatic rings. The van der Waals surface area contributed by atoms with Crippen molar-refractivity contribution in [1.29, 1.82) is 0 Å². The molecule has 0 fully saturated rings. The molecule has 0 aliphatic heterocycles. The standard InChI is InChI=1S/C12H13N3O4.C2H6/c1-19-11-7-9-8(6-10(11)15(17)18)2-3-12(14-9)13-4-5-16;1-2/h2-3,6-7,16H,4-5H2,1H3,(H,13,14);1-2H3. The minimum Gasteiger partial charge on any atom is -0.490 e. The van der Waals surface area contributed by atoms with Crippen LogP contribution in [0.4, 0.5) is 11.5 Å². The minimum atomic E-state index is -0.490. The number of aromatic nitrogens is 1. The molecule has 0 unspecified atom stereocenters. The van der Waals surface area contributed by atoms with Gasteiger partial charge in [-0.25, -0.2) is 4.98 Å². The molecular formula is C14H19N3O4. The first kappa shape index (κ1) is 16.6. The van der Waals surface area contributed by atoms with Crippen LogP contribution in [0.25, 0.3) is 10.9 Å². The largest absolute Gasteiger partial charge is 0.490 e. The maximum Gasteiger partial charge on any atom is 0.311 e. The molecule has 0 aliphatic carbocycles. The van der Waals surface area contributed by atoms with Gasteiger partial charge in [0.2, 0.25) is 0 Å². The van der Waals surface area contributed by atoms with Crippen molar-refractivity contribution >= 4 is 22.4 Å². The molecule has 7 nitrogen and oxygen atoms in total.